The van der Waals surface area contributed by atoms with Gasteiger partial charge in [-0.05, 0) is 51.1 Å². The molecular formula is C24H27NO5S2. The second-order valence-corrected chi connectivity index (χ2v) is 12.4. The monoisotopic (exact) mass is 473 g/mol. The number of aryl methyl sites for hydroxylation is 2. The van der Waals surface area contributed by atoms with E-state index in [9.17, 15) is 21.6 Å². The number of sulfone groups is 2. The van der Waals surface area contributed by atoms with E-state index in [1.54, 1.807) is 24.3 Å². The number of nitrogens with two attached hydrogens (primary N) is 1. The molecule has 0 amide bonds. The van der Waals surface area contributed by atoms with Gasteiger partial charge in [0.15, 0.2) is 19.7 Å². The van der Waals surface area contributed by atoms with Crippen LogP contribution in [0.2, 0.25) is 0 Å². The summed E-state index contributed by atoms with van der Waals surface area (Å²) in [6.45, 7) is 5.01. The summed E-state index contributed by atoms with van der Waals surface area (Å²) in [6.07, 6.45) is 4.45. The Morgan fingerprint density at radius 1 is 0.844 bits per heavy atom. The summed E-state index contributed by atoms with van der Waals surface area (Å²) in [6, 6.07) is 12.7. The fraction of sp³-hybridized carbons (Fsp3) is 0.292. The molecule has 0 fully saturated rings. The average molecular weight is 474 g/mol. The van der Waals surface area contributed by atoms with Crippen LogP contribution >= 0.6 is 0 Å². The van der Waals surface area contributed by atoms with Gasteiger partial charge in [-0.2, -0.15) is 0 Å². The SMILES string of the molecule is CC(=O)C1C=CC(N)=CC1(CS(=O)(=O)c1ccc(C)cc1)CS(=O)(=O)c1ccc(C)cc1. The summed E-state index contributed by atoms with van der Waals surface area (Å²) in [4.78, 5) is 12.7. The summed E-state index contributed by atoms with van der Waals surface area (Å²) >= 11 is 0. The van der Waals surface area contributed by atoms with Crippen molar-refractivity contribution in [2.75, 3.05) is 11.5 Å². The van der Waals surface area contributed by atoms with Crippen molar-refractivity contribution in [1.82, 2.24) is 0 Å². The van der Waals surface area contributed by atoms with Crippen LogP contribution in [0.4, 0.5) is 0 Å². The maximum absolute atomic E-state index is 13.4. The van der Waals surface area contributed by atoms with Crippen LogP contribution < -0.4 is 5.73 Å². The molecule has 1 aliphatic carbocycles. The molecule has 0 heterocycles. The molecule has 2 aromatic carbocycles. The van der Waals surface area contributed by atoms with Crippen LogP contribution in [0.1, 0.15) is 18.1 Å². The van der Waals surface area contributed by atoms with Crippen LogP contribution in [-0.4, -0.2) is 34.1 Å². The highest BCUT2D eigenvalue weighted by Gasteiger charge is 2.47. The Bertz CT molecular complexity index is 1210. The Labute approximate surface area is 189 Å². The summed E-state index contributed by atoms with van der Waals surface area (Å²) in [7, 11) is -7.87. The highest BCUT2D eigenvalue weighted by Crippen LogP contribution is 2.41. The highest BCUT2D eigenvalue weighted by molar-refractivity contribution is 7.92. The van der Waals surface area contributed by atoms with Gasteiger partial charge < -0.3 is 5.73 Å². The molecule has 0 aliphatic heterocycles. The van der Waals surface area contributed by atoms with Gasteiger partial charge in [-0.1, -0.05) is 47.5 Å². The Morgan fingerprint density at radius 3 is 1.62 bits per heavy atom. The fourth-order valence-corrected chi connectivity index (χ4v) is 7.79. The zero-order valence-electron chi connectivity index (χ0n) is 18.3. The summed E-state index contributed by atoms with van der Waals surface area (Å²) in [5.74, 6) is -2.41. The summed E-state index contributed by atoms with van der Waals surface area (Å²) in [5.41, 5.74) is 6.47. The first-order valence-electron chi connectivity index (χ1n) is 10.1. The normalized spacial score (nSPS) is 18.2. The zero-order valence-corrected chi connectivity index (χ0v) is 19.9. The van der Waals surface area contributed by atoms with Crippen molar-refractivity contribution in [2.24, 2.45) is 17.1 Å². The number of Topliss-reactive ketones (excluding diaryl/α,β-unsaturated/α-hetero) is 1. The van der Waals surface area contributed by atoms with Crippen LogP contribution in [0, 0.1) is 25.2 Å². The first-order valence-corrected chi connectivity index (χ1v) is 13.4. The molecule has 1 unspecified atom stereocenters. The van der Waals surface area contributed by atoms with Crippen LogP contribution in [0.3, 0.4) is 0 Å². The Morgan fingerprint density at radius 2 is 1.25 bits per heavy atom. The number of hydrogen-bond donors (Lipinski definition) is 1. The lowest BCUT2D eigenvalue weighted by Gasteiger charge is -2.37. The molecule has 8 heteroatoms. The van der Waals surface area contributed by atoms with Gasteiger partial charge in [0.05, 0.1) is 21.3 Å². The van der Waals surface area contributed by atoms with Crippen molar-refractivity contribution in [3.8, 4) is 0 Å². The number of carbonyl (C=O) groups is 1. The second kappa shape index (κ2) is 8.67. The van der Waals surface area contributed by atoms with Gasteiger partial charge in [0.25, 0.3) is 0 Å². The van der Waals surface area contributed by atoms with Crippen molar-refractivity contribution in [1.29, 1.82) is 0 Å². The standard InChI is InChI=1S/C24H27NO5S2/c1-17-4-9-21(10-5-17)31(27,28)15-24(14-20(25)8-13-23(24)19(3)26)16-32(29,30)22-11-6-18(2)7-12-22/h4-14,23H,15-16,25H2,1-3H3. The van der Waals surface area contributed by atoms with Gasteiger partial charge >= 0.3 is 0 Å². The van der Waals surface area contributed by atoms with E-state index in [4.69, 9.17) is 5.73 Å². The minimum absolute atomic E-state index is 0.0686. The number of hydrogen-bond acceptors (Lipinski definition) is 6. The van der Waals surface area contributed by atoms with E-state index in [1.165, 1.54) is 49.4 Å². The molecule has 0 saturated heterocycles. The molecule has 3 rings (SSSR count). The van der Waals surface area contributed by atoms with Gasteiger partial charge in [0.1, 0.15) is 5.78 Å². The maximum atomic E-state index is 13.4. The third-order valence-electron chi connectivity index (χ3n) is 5.67. The van der Waals surface area contributed by atoms with Crippen LogP contribution in [0.25, 0.3) is 0 Å². The largest absolute Gasteiger partial charge is 0.399 e. The molecular weight excluding hydrogens is 446 g/mol. The molecule has 0 radical (unpaired) electrons. The molecule has 1 atom stereocenters. The third-order valence-corrected chi connectivity index (χ3v) is 9.49. The quantitative estimate of drug-likeness (QED) is 0.661. The number of carbonyl (C=O) groups excluding carboxylic acids is 1. The Balaban J connectivity index is 2.14. The van der Waals surface area contributed by atoms with Crippen molar-refractivity contribution in [3.63, 3.8) is 0 Å². The molecule has 32 heavy (non-hydrogen) atoms. The minimum atomic E-state index is -3.94. The first-order chi connectivity index (χ1) is 14.8. The van der Waals surface area contributed by atoms with Crippen LogP contribution in [0.5, 0.6) is 0 Å². The lowest BCUT2D eigenvalue weighted by Crippen LogP contribution is -2.45. The molecule has 1 aliphatic rings. The second-order valence-electron chi connectivity index (χ2n) is 8.47. The lowest BCUT2D eigenvalue weighted by atomic mass is 9.73. The van der Waals surface area contributed by atoms with Crippen LogP contribution in [-0.2, 0) is 24.5 Å². The Kier molecular flexibility index (Phi) is 6.49. The predicted molar refractivity (Wildman–Crippen MR) is 124 cm³/mol. The number of ketones is 1. The van der Waals surface area contributed by atoms with Gasteiger partial charge in [0, 0.05) is 17.0 Å². The van der Waals surface area contributed by atoms with E-state index in [1.807, 2.05) is 13.8 Å². The van der Waals surface area contributed by atoms with Gasteiger partial charge in [-0.15, -0.1) is 0 Å². The van der Waals surface area contributed by atoms with E-state index in [0.29, 0.717) is 0 Å². The topological polar surface area (TPSA) is 111 Å². The van der Waals surface area contributed by atoms with Gasteiger partial charge in [-0.25, -0.2) is 16.8 Å². The lowest BCUT2D eigenvalue weighted by molar-refractivity contribution is -0.121. The van der Waals surface area contributed by atoms with Gasteiger partial charge in [-0.3, -0.25) is 4.79 Å². The Hall–Kier alpha value is -2.71. The van der Waals surface area contributed by atoms with E-state index in [0.717, 1.165) is 11.1 Å². The van der Waals surface area contributed by atoms with Crippen molar-refractivity contribution in [2.45, 2.75) is 30.6 Å². The molecule has 6 nitrogen and oxygen atoms in total. The summed E-state index contributed by atoms with van der Waals surface area (Å²) < 4.78 is 53.4. The van der Waals surface area contributed by atoms with E-state index >= 15 is 0 Å². The molecule has 0 aromatic heterocycles. The zero-order chi connectivity index (χ0) is 23.7. The molecule has 2 N–H and O–H groups in total. The van der Waals surface area contributed by atoms with E-state index in [2.05, 4.69) is 0 Å². The minimum Gasteiger partial charge on any atom is -0.399 e. The average Bonchev–Trinajstić information content (AvgIpc) is 2.67. The first kappa shape index (κ1) is 23.9. The van der Waals surface area contributed by atoms with E-state index < -0.39 is 42.5 Å². The third kappa shape index (κ3) is 5.02. The number of rotatable bonds is 7. The number of allylic oxidation sites excluding steroid dienone is 3. The van der Waals surface area contributed by atoms with E-state index in [-0.39, 0.29) is 21.3 Å². The van der Waals surface area contributed by atoms with Crippen molar-refractivity contribution < 1.29 is 21.6 Å². The molecule has 170 valence electrons. The molecule has 0 bridgehead atoms. The van der Waals surface area contributed by atoms with Crippen molar-refractivity contribution in [3.05, 3.63) is 83.6 Å². The van der Waals surface area contributed by atoms with Crippen molar-refractivity contribution >= 4 is 25.5 Å². The fourth-order valence-electron chi connectivity index (χ4n) is 4.08. The molecule has 0 saturated carbocycles. The molecule has 0 spiro atoms. The van der Waals surface area contributed by atoms with Crippen LogP contribution in [0.15, 0.2) is 82.2 Å². The van der Waals surface area contributed by atoms with Gasteiger partial charge in [0.2, 0.25) is 0 Å². The number of benzene rings is 2. The molecule has 2 aromatic rings. The maximum Gasteiger partial charge on any atom is 0.179 e. The highest BCUT2D eigenvalue weighted by atomic mass is 32.2. The predicted octanol–water partition coefficient (Wildman–Crippen LogP) is 3.16. The summed E-state index contributed by atoms with van der Waals surface area (Å²) in [5, 5.41) is 0. The smallest absolute Gasteiger partial charge is 0.179 e.